The van der Waals surface area contributed by atoms with E-state index in [9.17, 15) is 4.79 Å². The summed E-state index contributed by atoms with van der Waals surface area (Å²) in [4.78, 5) is 18.5. The van der Waals surface area contributed by atoms with E-state index in [4.69, 9.17) is 15.2 Å². The van der Waals surface area contributed by atoms with Gasteiger partial charge in [-0.15, -0.1) is 0 Å². The third-order valence-electron chi connectivity index (χ3n) is 2.94. The zero-order valence-corrected chi connectivity index (χ0v) is 12.1. The maximum Gasteiger partial charge on any atom is 0.251 e. The van der Waals surface area contributed by atoms with Crippen molar-refractivity contribution in [1.82, 2.24) is 9.97 Å². The van der Waals surface area contributed by atoms with Crippen LogP contribution in [0, 0.1) is 0 Å². The molecular weight excluding hydrogens is 270 g/mol. The van der Waals surface area contributed by atoms with Crippen LogP contribution in [0.1, 0.15) is 24.5 Å². The Hall–Kier alpha value is -2.34. The minimum atomic E-state index is -0.277. The van der Waals surface area contributed by atoms with Crippen molar-refractivity contribution in [2.75, 3.05) is 13.7 Å². The Bertz CT molecular complexity index is 653. The molecule has 0 aliphatic heterocycles. The molecule has 0 saturated heterocycles. The lowest BCUT2D eigenvalue weighted by Crippen LogP contribution is -2.18. The predicted octanol–water partition coefficient (Wildman–Crippen LogP) is 1.42. The van der Waals surface area contributed by atoms with Crippen LogP contribution in [0.4, 0.5) is 0 Å². The highest BCUT2D eigenvalue weighted by Crippen LogP contribution is 2.25. The van der Waals surface area contributed by atoms with E-state index in [2.05, 4.69) is 9.97 Å². The van der Waals surface area contributed by atoms with Gasteiger partial charge in [-0.2, -0.15) is 0 Å². The largest absolute Gasteiger partial charge is 0.493 e. The van der Waals surface area contributed by atoms with Gasteiger partial charge in [0.1, 0.15) is 5.82 Å². The van der Waals surface area contributed by atoms with Crippen molar-refractivity contribution in [3.05, 3.63) is 52.2 Å². The van der Waals surface area contributed by atoms with Gasteiger partial charge in [-0.05, 0) is 19.1 Å². The summed E-state index contributed by atoms with van der Waals surface area (Å²) >= 11 is 0. The fourth-order valence-electron chi connectivity index (χ4n) is 1.88. The number of methoxy groups -OCH3 is 1. The van der Waals surface area contributed by atoms with Gasteiger partial charge < -0.3 is 20.2 Å². The Morgan fingerprint density at radius 3 is 2.71 bits per heavy atom. The molecule has 21 heavy (non-hydrogen) atoms. The minimum Gasteiger partial charge on any atom is -0.493 e. The molecule has 1 aromatic heterocycles. The van der Waals surface area contributed by atoms with Crippen LogP contribution in [0.25, 0.3) is 0 Å². The van der Waals surface area contributed by atoms with Crippen molar-refractivity contribution in [3.8, 4) is 11.5 Å². The van der Waals surface area contributed by atoms with E-state index in [1.54, 1.807) is 14.0 Å². The average Bonchev–Trinajstić information content (AvgIpc) is 2.47. The van der Waals surface area contributed by atoms with Crippen molar-refractivity contribution in [2.45, 2.75) is 19.4 Å². The molecule has 1 unspecified atom stereocenters. The van der Waals surface area contributed by atoms with Gasteiger partial charge in [-0.3, -0.25) is 4.79 Å². The normalized spacial score (nSPS) is 12.0. The molecule has 112 valence electrons. The zero-order valence-electron chi connectivity index (χ0n) is 12.1. The van der Waals surface area contributed by atoms with Gasteiger partial charge in [0.25, 0.3) is 5.56 Å². The van der Waals surface area contributed by atoms with Crippen molar-refractivity contribution >= 4 is 0 Å². The summed E-state index contributed by atoms with van der Waals surface area (Å²) in [5.41, 5.74) is 6.12. The van der Waals surface area contributed by atoms with Crippen LogP contribution in [-0.4, -0.2) is 23.7 Å². The van der Waals surface area contributed by atoms with Crippen LogP contribution in [0.15, 0.2) is 35.1 Å². The van der Waals surface area contributed by atoms with Crippen molar-refractivity contribution in [1.29, 1.82) is 0 Å². The van der Waals surface area contributed by atoms with Gasteiger partial charge in [0.05, 0.1) is 19.4 Å². The molecule has 0 bridgehead atoms. The summed E-state index contributed by atoms with van der Waals surface area (Å²) in [6.45, 7) is 2.17. The third-order valence-corrected chi connectivity index (χ3v) is 2.94. The second-order valence-corrected chi connectivity index (χ2v) is 4.65. The Balaban J connectivity index is 2.02. The molecule has 0 fully saturated rings. The van der Waals surface area contributed by atoms with Crippen molar-refractivity contribution in [3.63, 3.8) is 0 Å². The maximum absolute atomic E-state index is 11.5. The third kappa shape index (κ3) is 4.06. The summed E-state index contributed by atoms with van der Waals surface area (Å²) in [7, 11) is 1.59. The molecule has 6 nitrogen and oxygen atoms in total. The van der Waals surface area contributed by atoms with Gasteiger partial charge in [-0.25, -0.2) is 4.98 Å². The summed E-state index contributed by atoms with van der Waals surface area (Å²) in [5, 5.41) is 0. The van der Waals surface area contributed by atoms with Crippen LogP contribution in [-0.2, 0) is 6.42 Å². The number of nitrogens with zero attached hydrogens (tertiary/aromatic N) is 1. The second kappa shape index (κ2) is 6.90. The number of hydrogen-bond acceptors (Lipinski definition) is 5. The van der Waals surface area contributed by atoms with E-state index >= 15 is 0 Å². The first-order chi connectivity index (χ1) is 10.1. The molecule has 1 heterocycles. The number of hydrogen-bond donors (Lipinski definition) is 2. The number of aromatic nitrogens is 2. The predicted molar refractivity (Wildman–Crippen MR) is 79.7 cm³/mol. The van der Waals surface area contributed by atoms with Crippen LogP contribution < -0.4 is 20.8 Å². The van der Waals surface area contributed by atoms with E-state index in [0.717, 1.165) is 0 Å². The quantitative estimate of drug-likeness (QED) is 0.839. The molecule has 1 atom stereocenters. The lowest BCUT2D eigenvalue weighted by atomic mass is 10.2. The monoisotopic (exact) mass is 289 g/mol. The highest BCUT2D eigenvalue weighted by Gasteiger charge is 2.07. The molecule has 2 aromatic rings. The molecule has 0 aliphatic carbocycles. The zero-order chi connectivity index (χ0) is 15.2. The number of aromatic amines is 1. The first-order valence-electron chi connectivity index (χ1n) is 6.71. The Morgan fingerprint density at radius 1 is 1.33 bits per heavy atom. The number of rotatable bonds is 6. The van der Waals surface area contributed by atoms with Gasteiger partial charge in [0, 0.05) is 18.5 Å². The van der Waals surface area contributed by atoms with Gasteiger partial charge in [-0.1, -0.05) is 12.1 Å². The summed E-state index contributed by atoms with van der Waals surface area (Å²) in [6, 6.07) is 8.53. The molecule has 0 saturated carbocycles. The first kappa shape index (κ1) is 15.1. The minimum absolute atomic E-state index is 0.204. The van der Waals surface area contributed by atoms with Crippen LogP contribution in [0.5, 0.6) is 11.5 Å². The summed E-state index contributed by atoms with van der Waals surface area (Å²) in [6.07, 6.45) is 0.480. The highest BCUT2D eigenvalue weighted by molar-refractivity contribution is 5.39. The summed E-state index contributed by atoms with van der Waals surface area (Å²) < 4.78 is 10.9. The number of H-pyrrole nitrogens is 1. The number of nitrogens with two attached hydrogens (primary N) is 1. The van der Waals surface area contributed by atoms with E-state index in [1.165, 1.54) is 6.07 Å². The lowest BCUT2D eigenvalue weighted by Gasteiger charge is -2.10. The fourth-order valence-corrected chi connectivity index (χ4v) is 1.88. The molecule has 3 N–H and O–H groups in total. The Labute approximate surface area is 122 Å². The molecule has 0 radical (unpaired) electrons. The number of ether oxygens (including phenoxy) is 2. The highest BCUT2D eigenvalue weighted by atomic mass is 16.5. The summed E-state index contributed by atoms with van der Waals surface area (Å²) in [5.74, 6) is 1.89. The molecule has 2 rings (SSSR count). The van der Waals surface area contributed by atoms with Crippen LogP contribution in [0.3, 0.4) is 0 Å². The van der Waals surface area contributed by atoms with Crippen LogP contribution in [0.2, 0.25) is 0 Å². The number of nitrogens with one attached hydrogen (secondary N) is 1. The molecule has 0 aliphatic rings. The number of para-hydroxylation sites is 2. The van der Waals surface area contributed by atoms with Crippen molar-refractivity contribution in [2.24, 2.45) is 5.73 Å². The van der Waals surface area contributed by atoms with E-state index in [-0.39, 0.29) is 11.6 Å². The topological polar surface area (TPSA) is 90.2 Å². The van der Waals surface area contributed by atoms with Crippen LogP contribution >= 0.6 is 0 Å². The number of benzene rings is 1. The fraction of sp³-hybridized carbons (Fsp3) is 0.333. The molecule has 6 heteroatoms. The molecule has 1 aromatic carbocycles. The van der Waals surface area contributed by atoms with E-state index in [0.29, 0.717) is 36.0 Å². The van der Waals surface area contributed by atoms with E-state index < -0.39 is 0 Å². The second-order valence-electron chi connectivity index (χ2n) is 4.65. The smallest absolute Gasteiger partial charge is 0.251 e. The van der Waals surface area contributed by atoms with Gasteiger partial charge in [0.2, 0.25) is 0 Å². The standard InChI is InChI=1S/C15H19N3O3/c1-10(16)11-9-15(19)18-14(17-11)7-8-21-13-6-4-3-5-12(13)20-2/h3-6,9-10H,7-8,16H2,1-2H3,(H,17,18,19). The SMILES string of the molecule is COc1ccccc1OCCc1nc(C(C)N)cc(=O)[nH]1. The molecular formula is C15H19N3O3. The van der Waals surface area contributed by atoms with Crippen molar-refractivity contribution < 1.29 is 9.47 Å². The van der Waals surface area contributed by atoms with Gasteiger partial charge >= 0.3 is 0 Å². The molecule has 0 spiro atoms. The maximum atomic E-state index is 11.5. The van der Waals surface area contributed by atoms with Gasteiger partial charge in [0.15, 0.2) is 11.5 Å². The lowest BCUT2D eigenvalue weighted by molar-refractivity contribution is 0.295. The average molecular weight is 289 g/mol. The van der Waals surface area contributed by atoms with E-state index in [1.807, 2.05) is 24.3 Å². The Kier molecular flexibility index (Phi) is 4.94. The Morgan fingerprint density at radius 2 is 2.05 bits per heavy atom. The molecule has 0 amide bonds. The first-order valence-corrected chi connectivity index (χ1v) is 6.71.